The van der Waals surface area contributed by atoms with Crippen molar-refractivity contribution in [3.63, 3.8) is 0 Å². The van der Waals surface area contributed by atoms with Crippen LogP contribution in [0.3, 0.4) is 0 Å². The van der Waals surface area contributed by atoms with E-state index in [1.54, 1.807) is 30.8 Å². The van der Waals surface area contributed by atoms with Gasteiger partial charge in [0.25, 0.3) is 0 Å². The van der Waals surface area contributed by atoms with Gasteiger partial charge in [0, 0.05) is 42.7 Å². The zero-order chi connectivity index (χ0) is 18.2. The van der Waals surface area contributed by atoms with Gasteiger partial charge in [0.15, 0.2) is 0 Å². The minimum absolute atomic E-state index is 0.0601. The third-order valence-electron chi connectivity index (χ3n) is 3.97. The molecular weight excluding hydrogens is 346 g/mol. The highest BCUT2D eigenvalue weighted by Crippen LogP contribution is 2.20. The van der Waals surface area contributed by atoms with Crippen molar-refractivity contribution in [1.82, 2.24) is 15.3 Å². The summed E-state index contributed by atoms with van der Waals surface area (Å²) < 4.78 is 5.13. The second-order valence-corrected chi connectivity index (χ2v) is 6.76. The molecule has 0 aliphatic rings. The Morgan fingerprint density at radius 1 is 1.19 bits per heavy atom. The third-order valence-corrected chi connectivity index (χ3v) is 4.88. The normalized spacial score (nSPS) is 10.5. The van der Waals surface area contributed by atoms with Gasteiger partial charge in [0.2, 0.25) is 5.91 Å². The van der Waals surface area contributed by atoms with E-state index in [1.165, 1.54) is 0 Å². The number of aryl methyl sites for hydroxylation is 1. The standard InChI is InChI=1S/C20H21N3O2S/c1-25-17-7-4-15(5-8-17)6-9-19(24)22-12-10-20-23-18(14-26-20)16-3-2-11-21-13-16/h2-5,7-8,11,13-14H,6,9-10,12H2,1H3,(H,22,24). The van der Waals surface area contributed by atoms with Gasteiger partial charge in [-0.15, -0.1) is 11.3 Å². The predicted octanol–water partition coefficient (Wildman–Crippen LogP) is 3.51. The molecular formula is C20H21N3O2S. The minimum atomic E-state index is 0.0601. The maximum Gasteiger partial charge on any atom is 0.220 e. The van der Waals surface area contributed by atoms with Crippen molar-refractivity contribution in [2.75, 3.05) is 13.7 Å². The SMILES string of the molecule is COc1ccc(CCC(=O)NCCc2nc(-c3cccnc3)cs2)cc1. The van der Waals surface area contributed by atoms with Crippen LogP contribution in [0.2, 0.25) is 0 Å². The van der Waals surface area contributed by atoms with E-state index in [4.69, 9.17) is 4.74 Å². The van der Waals surface area contributed by atoms with Crippen molar-refractivity contribution >= 4 is 17.2 Å². The maximum absolute atomic E-state index is 12.0. The first-order valence-electron chi connectivity index (χ1n) is 8.49. The fraction of sp³-hybridized carbons (Fsp3) is 0.250. The van der Waals surface area contributed by atoms with Gasteiger partial charge in [-0.2, -0.15) is 0 Å². The number of carbonyl (C=O) groups is 1. The molecule has 0 atom stereocenters. The second-order valence-electron chi connectivity index (χ2n) is 5.82. The summed E-state index contributed by atoms with van der Waals surface area (Å²) in [5, 5.41) is 6.00. The van der Waals surface area contributed by atoms with Gasteiger partial charge in [0.05, 0.1) is 17.8 Å². The molecule has 0 unspecified atom stereocenters. The van der Waals surface area contributed by atoms with E-state index in [0.717, 1.165) is 40.4 Å². The fourth-order valence-electron chi connectivity index (χ4n) is 2.52. The van der Waals surface area contributed by atoms with Crippen LogP contribution in [-0.2, 0) is 17.6 Å². The maximum atomic E-state index is 12.0. The quantitative estimate of drug-likeness (QED) is 0.662. The zero-order valence-electron chi connectivity index (χ0n) is 14.6. The van der Waals surface area contributed by atoms with Crippen LogP contribution in [0.5, 0.6) is 5.75 Å². The molecule has 2 heterocycles. The van der Waals surface area contributed by atoms with E-state index < -0.39 is 0 Å². The van der Waals surface area contributed by atoms with Crippen LogP contribution in [0.25, 0.3) is 11.3 Å². The number of methoxy groups -OCH3 is 1. The molecule has 0 saturated heterocycles. The zero-order valence-corrected chi connectivity index (χ0v) is 15.5. The number of hydrogen-bond donors (Lipinski definition) is 1. The number of carbonyl (C=O) groups excluding carboxylic acids is 1. The second kappa shape index (κ2) is 9.10. The molecule has 0 aliphatic carbocycles. The Morgan fingerprint density at radius 2 is 2.04 bits per heavy atom. The first kappa shape index (κ1) is 18.1. The van der Waals surface area contributed by atoms with Crippen LogP contribution < -0.4 is 10.1 Å². The lowest BCUT2D eigenvalue weighted by Crippen LogP contribution is -2.25. The summed E-state index contributed by atoms with van der Waals surface area (Å²) >= 11 is 1.61. The van der Waals surface area contributed by atoms with Crippen molar-refractivity contribution in [3.8, 4) is 17.0 Å². The van der Waals surface area contributed by atoms with Crippen molar-refractivity contribution in [2.24, 2.45) is 0 Å². The van der Waals surface area contributed by atoms with Crippen LogP contribution in [0, 0.1) is 0 Å². The van der Waals surface area contributed by atoms with Gasteiger partial charge in [0.1, 0.15) is 5.75 Å². The number of nitrogens with zero attached hydrogens (tertiary/aromatic N) is 2. The molecule has 2 aromatic heterocycles. The van der Waals surface area contributed by atoms with E-state index in [2.05, 4.69) is 15.3 Å². The van der Waals surface area contributed by atoms with E-state index in [1.807, 2.05) is 41.8 Å². The summed E-state index contributed by atoms with van der Waals surface area (Å²) in [5.74, 6) is 0.886. The number of aromatic nitrogens is 2. The summed E-state index contributed by atoms with van der Waals surface area (Å²) in [6.07, 6.45) is 5.49. The summed E-state index contributed by atoms with van der Waals surface area (Å²) in [7, 11) is 1.64. The Hall–Kier alpha value is -2.73. The van der Waals surface area contributed by atoms with Crippen molar-refractivity contribution < 1.29 is 9.53 Å². The number of thiazole rings is 1. The largest absolute Gasteiger partial charge is 0.497 e. The van der Waals surface area contributed by atoms with E-state index >= 15 is 0 Å². The summed E-state index contributed by atoms with van der Waals surface area (Å²) in [5.41, 5.74) is 3.07. The number of hydrogen-bond acceptors (Lipinski definition) is 5. The van der Waals surface area contributed by atoms with Gasteiger partial charge < -0.3 is 10.1 Å². The Labute approximate surface area is 157 Å². The van der Waals surface area contributed by atoms with E-state index in [0.29, 0.717) is 13.0 Å². The van der Waals surface area contributed by atoms with Gasteiger partial charge in [-0.1, -0.05) is 12.1 Å². The number of amides is 1. The highest BCUT2D eigenvalue weighted by Gasteiger charge is 2.06. The van der Waals surface area contributed by atoms with E-state index in [9.17, 15) is 4.79 Å². The van der Waals surface area contributed by atoms with Gasteiger partial charge in [-0.05, 0) is 36.2 Å². The molecule has 5 nitrogen and oxygen atoms in total. The van der Waals surface area contributed by atoms with Gasteiger partial charge in [-0.3, -0.25) is 9.78 Å². The van der Waals surface area contributed by atoms with Crippen LogP contribution >= 0.6 is 11.3 Å². The molecule has 3 aromatic rings. The Balaban J connectivity index is 1.40. The lowest BCUT2D eigenvalue weighted by atomic mass is 10.1. The lowest BCUT2D eigenvalue weighted by Gasteiger charge is -2.05. The highest BCUT2D eigenvalue weighted by atomic mass is 32.1. The molecule has 134 valence electrons. The summed E-state index contributed by atoms with van der Waals surface area (Å²) in [6, 6.07) is 11.7. The number of ether oxygens (including phenoxy) is 1. The molecule has 1 aromatic carbocycles. The first-order valence-corrected chi connectivity index (χ1v) is 9.37. The molecule has 26 heavy (non-hydrogen) atoms. The fourth-order valence-corrected chi connectivity index (χ4v) is 3.33. The van der Waals surface area contributed by atoms with Gasteiger partial charge >= 0.3 is 0 Å². The van der Waals surface area contributed by atoms with Crippen molar-refractivity contribution in [3.05, 3.63) is 64.7 Å². The molecule has 0 aliphatic heterocycles. The topological polar surface area (TPSA) is 64.1 Å². The average Bonchev–Trinajstić information content (AvgIpc) is 3.16. The Bertz CT molecular complexity index is 832. The average molecular weight is 367 g/mol. The van der Waals surface area contributed by atoms with Crippen LogP contribution in [-0.4, -0.2) is 29.5 Å². The summed E-state index contributed by atoms with van der Waals surface area (Å²) in [4.78, 5) is 20.7. The lowest BCUT2D eigenvalue weighted by molar-refractivity contribution is -0.121. The van der Waals surface area contributed by atoms with Crippen molar-refractivity contribution in [1.29, 1.82) is 0 Å². The Morgan fingerprint density at radius 3 is 2.77 bits per heavy atom. The molecule has 0 radical (unpaired) electrons. The molecule has 6 heteroatoms. The molecule has 1 amide bonds. The number of pyridine rings is 1. The molecule has 0 saturated carbocycles. The first-order chi connectivity index (χ1) is 12.7. The highest BCUT2D eigenvalue weighted by molar-refractivity contribution is 7.09. The molecule has 0 bridgehead atoms. The van der Waals surface area contributed by atoms with Crippen molar-refractivity contribution in [2.45, 2.75) is 19.3 Å². The number of nitrogens with one attached hydrogen (secondary N) is 1. The monoisotopic (exact) mass is 367 g/mol. The number of benzene rings is 1. The van der Waals surface area contributed by atoms with E-state index in [-0.39, 0.29) is 5.91 Å². The predicted molar refractivity (Wildman–Crippen MR) is 103 cm³/mol. The minimum Gasteiger partial charge on any atom is -0.497 e. The van der Waals surface area contributed by atoms with Crippen LogP contribution in [0.1, 0.15) is 17.0 Å². The third kappa shape index (κ3) is 5.13. The molecule has 3 rings (SSSR count). The van der Waals surface area contributed by atoms with Crippen LogP contribution in [0.4, 0.5) is 0 Å². The number of rotatable bonds is 8. The smallest absolute Gasteiger partial charge is 0.220 e. The van der Waals surface area contributed by atoms with Crippen LogP contribution in [0.15, 0.2) is 54.2 Å². The molecule has 0 fully saturated rings. The molecule has 1 N–H and O–H groups in total. The van der Waals surface area contributed by atoms with Gasteiger partial charge in [-0.25, -0.2) is 4.98 Å². The summed E-state index contributed by atoms with van der Waals surface area (Å²) in [6.45, 7) is 0.599. The Kier molecular flexibility index (Phi) is 6.33. The molecule has 0 spiro atoms.